The Morgan fingerprint density at radius 1 is 0.750 bits per heavy atom. The van der Waals surface area contributed by atoms with Crippen LogP contribution in [0.25, 0.3) is 0 Å². The van der Waals surface area contributed by atoms with Crippen LogP contribution in [0.4, 0.5) is 0 Å². The topological polar surface area (TPSA) is 6.48 Å². The Morgan fingerprint density at radius 3 is 1.75 bits per heavy atom. The number of hydrogen-bond acceptors (Lipinski definition) is 2. The molecule has 3 aliphatic carbocycles. The molecule has 0 radical (unpaired) electrons. The summed E-state index contributed by atoms with van der Waals surface area (Å²) in [6.07, 6.45) is 4.47. The van der Waals surface area contributed by atoms with Crippen LogP contribution in [0.15, 0.2) is 79.3 Å². The van der Waals surface area contributed by atoms with Crippen molar-refractivity contribution in [3.8, 4) is 0 Å². The second-order valence-electron chi connectivity index (χ2n) is 10.4. The molecule has 0 spiro atoms. The third-order valence-corrected chi connectivity index (χ3v) is 7.91. The lowest BCUT2D eigenvalue weighted by Gasteiger charge is -2.22. The molecule has 176 valence electrons. The van der Waals surface area contributed by atoms with Gasteiger partial charge in [-0.2, -0.15) is 0 Å². The highest BCUT2D eigenvalue weighted by atomic mass is 15.1. The first kappa shape index (κ1) is 26.0. The summed E-state index contributed by atoms with van der Waals surface area (Å²) >= 11 is 0. The van der Waals surface area contributed by atoms with E-state index >= 15 is 0 Å². The highest BCUT2D eigenvalue weighted by Gasteiger charge is 2.39. The molecule has 2 atom stereocenters. The van der Waals surface area contributed by atoms with Crippen molar-refractivity contribution in [3.05, 3.63) is 79.3 Å². The van der Waals surface area contributed by atoms with Crippen LogP contribution in [0.2, 0.25) is 0 Å². The molecule has 0 amide bonds. The van der Waals surface area contributed by atoms with Gasteiger partial charge < -0.3 is 9.80 Å². The van der Waals surface area contributed by atoms with Gasteiger partial charge in [0.15, 0.2) is 0 Å². The van der Waals surface area contributed by atoms with E-state index in [0.717, 1.165) is 0 Å². The summed E-state index contributed by atoms with van der Waals surface area (Å²) < 4.78 is 0. The minimum atomic E-state index is 0.651. The Morgan fingerprint density at radius 2 is 1.31 bits per heavy atom. The maximum absolute atomic E-state index is 2.37. The van der Waals surface area contributed by atoms with E-state index in [1.807, 2.05) is 0 Å². The molecule has 0 saturated carbocycles. The van der Waals surface area contributed by atoms with Crippen LogP contribution in [-0.4, -0.2) is 38.0 Å². The molecule has 2 nitrogen and oxygen atoms in total. The standard InChI is InChI=1S/2C15H23N/c1-8-9(2)13-11(4)12(5)15(16(6)7)14(13)10(8)3;1-10-8-15(14(5)12(10)3)13(4)11(2)9-16(6)7/h11-12H,1-7H3;8-9H,1-7H3/b;11-9+,15-13+. The van der Waals surface area contributed by atoms with Crippen molar-refractivity contribution in [2.75, 3.05) is 28.2 Å². The minimum Gasteiger partial charge on any atom is -0.383 e. The lowest BCUT2D eigenvalue weighted by atomic mass is 9.91. The zero-order valence-corrected chi connectivity index (χ0v) is 23.2. The van der Waals surface area contributed by atoms with E-state index in [4.69, 9.17) is 0 Å². The Labute approximate surface area is 198 Å². The van der Waals surface area contributed by atoms with Crippen molar-refractivity contribution in [2.45, 2.75) is 69.2 Å². The highest BCUT2D eigenvalue weighted by Crippen LogP contribution is 2.51. The van der Waals surface area contributed by atoms with Gasteiger partial charge in [0.2, 0.25) is 0 Å². The molecule has 2 heteroatoms. The van der Waals surface area contributed by atoms with Gasteiger partial charge in [-0.05, 0) is 117 Å². The molecule has 3 aliphatic rings. The molecule has 2 unspecified atom stereocenters. The molecule has 0 saturated heterocycles. The maximum Gasteiger partial charge on any atom is 0.0241 e. The summed E-state index contributed by atoms with van der Waals surface area (Å²) in [5, 5.41) is 0. The van der Waals surface area contributed by atoms with E-state index in [2.05, 4.69) is 120 Å². The van der Waals surface area contributed by atoms with E-state index in [1.165, 1.54) is 55.9 Å². The van der Waals surface area contributed by atoms with E-state index in [0.29, 0.717) is 11.8 Å². The predicted octanol–water partition coefficient (Wildman–Crippen LogP) is 7.82. The molecule has 0 aromatic heterocycles. The highest BCUT2D eigenvalue weighted by molar-refractivity contribution is 5.67. The van der Waals surface area contributed by atoms with Crippen LogP contribution in [0.3, 0.4) is 0 Å². The third kappa shape index (κ3) is 4.60. The molecule has 0 aromatic rings. The smallest absolute Gasteiger partial charge is 0.0241 e. The number of rotatable bonds is 3. The molecule has 0 bridgehead atoms. The third-order valence-electron chi connectivity index (χ3n) is 7.91. The van der Waals surface area contributed by atoms with Gasteiger partial charge >= 0.3 is 0 Å². The Balaban J connectivity index is 0.000000227. The summed E-state index contributed by atoms with van der Waals surface area (Å²) in [7, 11) is 8.46. The van der Waals surface area contributed by atoms with Gasteiger partial charge in [-0.25, -0.2) is 0 Å². The van der Waals surface area contributed by atoms with Crippen LogP contribution in [0.1, 0.15) is 69.2 Å². The molecule has 0 heterocycles. The molecule has 0 N–H and O–H groups in total. The van der Waals surface area contributed by atoms with Gasteiger partial charge in [0.1, 0.15) is 0 Å². The van der Waals surface area contributed by atoms with Gasteiger partial charge in [-0.3, -0.25) is 0 Å². The zero-order chi connectivity index (χ0) is 24.7. The predicted molar refractivity (Wildman–Crippen MR) is 142 cm³/mol. The van der Waals surface area contributed by atoms with Crippen LogP contribution in [0, 0.1) is 11.8 Å². The van der Waals surface area contributed by atoms with Crippen molar-refractivity contribution < 1.29 is 0 Å². The molecular weight excluding hydrogens is 388 g/mol. The fourth-order valence-corrected chi connectivity index (χ4v) is 5.32. The molecule has 0 aromatic carbocycles. The monoisotopic (exact) mass is 434 g/mol. The van der Waals surface area contributed by atoms with Crippen molar-refractivity contribution in [3.63, 3.8) is 0 Å². The van der Waals surface area contributed by atoms with Gasteiger partial charge in [0, 0.05) is 51.6 Å². The average molecular weight is 435 g/mol. The zero-order valence-electron chi connectivity index (χ0n) is 23.2. The van der Waals surface area contributed by atoms with Crippen LogP contribution < -0.4 is 0 Å². The Kier molecular flexibility index (Phi) is 7.92. The van der Waals surface area contributed by atoms with Crippen molar-refractivity contribution in [2.24, 2.45) is 11.8 Å². The Hall–Kier alpha value is -2.22. The molecule has 0 aliphatic heterocycles. The fraction of sp³-hybridized carbons (Fsp3) is 0.533. The summed E-state index contributed by atoms with van der Waals surface area (Å²) in [6.45, 7) is 22.5. The quantitative estimate of drug-likeness (QED) is 0.447. The van der Waals surface area contributed by atoms with Crippen molar-refractivity contribution in [1.82, 2.24) is 9.80 Å². The van der Waals surface area contributed by atoms with Gasteiger partial charge in [-0.1, -0.05) is 19.9 Å². The second-order valence-corrected chi connectivity index (χ2v) is 10.4. The first-order valence-electron chi connectivity index (χ1n) is 12.0. The summed E-state index contributed by atoms with van der Waals surface area (Å²) in [4.78, 5) is 4.40. The summed E-state index contributed by atoms with van der Waals surface area (Å²) in [5.74, 6) is 1.32. The van der Waals surface area contributed by atoms with Gasteiger partial charge in [0.05, 0.1) is 0 Å². The summed E-state index contributed by atoms with van der Waals surface area (Å²) in [5.41, 5.74) is 17.5. The van der Waals surface area contributed by atoms with Crippen molar-refractivity contribution in [1.29, 1.82) is 0 Å². The molecule has 3 rings (SSSR count). The molecular formula is C30H46N2. The van der Waals surface area contributed by atoms with Crippen LogP contribution in [0.5, 0.6) is 0 Å². The number of nitrogens with zero attached hydrogens (tertiary/aromatic N) is 2. The second kappa shape index (κ2) is 9.73. The lowest BCUT2D eigenvalue weighted by Crippen LogP contribution is -2.18. The number of allylic oxidation sites excluding steroid dienone is 13. The SMILES string of the molecule is CC1=C(C)C2=C(N(C)C)C(C)C(C)C2=C1C.CC1=C/C(=C(C)\C(C)=C\N(C)C)C(C)=C1C. The van der Waals surface area contributed by atoms with Crippen molar-refractivity contribution >= 4 is 0 Å². The molecule has 0 fully saturated rings. The first-order valence-corrected chi connectivity index (χ1v) is 12.0. The lowest BCUT2D eigenvalue weighted by molar-refractivity contribution is 0.401. The van der Waals surface area contributed by atoms with Gasteiger partial charge in [0.25, 0.3) is 0 Å². The largest absolute Gasteiger partial charge is 0.383 e. The van der Waals surface area contributed by atoms with Crippen LogP contribution >= 0.6 is 0 Å². The van der Waals surface area contributed by atoms with Crippen LogP contribution in [-0.2, 0) is 0 Å². The van der Waals surface area contributed by atoms with E-state index < -0.39 is 0 Å². The fourth-order valence-electron chi connectivity index (χ4n) is 5.32. The first-order chi connectivity index (χ1) is 14.7. The minimum absolute atomic E-state index is 0.651. The van der Waals surface area contributed by atoms with E-state index in [1.54, 1.807) is 11.1 Å². The summed E-state index contributed by atoms with van der Waals surface area (Å²) in [6, 6.07) is 0. The molecule has 32 heavy (non-hydrogen) atoms. The Bertz CT molecular complexity index is 1010. The maximum atomic E-state index is 2.37. The van der Waals surface area contributed by atoms with E-state index in [9.17, 15) is 0 Å². The number of hydrogen-bond donors (Lipinski definition) is 0. The van der Waals surface area contributed by atoms with E-state index in [-0.39, 0.29) is 0 Å². The normalized spacial score (nSPS) is 24.8. The van der Waals surface area contributed by atoms with Gasteiger partial charge in [-0.15, -0.1) is 0 Å². The average Bonchev–Trinajstić information content (AvgIpc) is 3.21. The number of fused-ring (bicyclic) bond motifs is 1.